The van der Waals surface area contributed by atoms with Gasteiger partial charge in [0.1, 0.15) is 6.10 Å². The number of benzene rings is 2. The standard InChI is InChI=1S/C23H25N3O2/c1-17-14-18(2)26(24-17)15-19-8-10-21(11-9-19)23(27)25-12-13-28-22(16-25)20-6-4-3-5-7-20/h3-11,14,22H,12-13,15-16H2,1-2H3. The quantitative estimate of drug-likeness (QED) is 0.698. The highest BCUT2D eigenvalue weighted by atomic mass is 16.5. The van der Waals surface area contributed by atoms with E-state index in [1.807, 2.05) is 71.1 Å². The fraction of sp³-hybridized carbons (Fsp3) is 0.304. The maximum absolute atomic E-state index is 13.0. The first-order chi connectivity index (χ1) is 13.6. The van der Waals surface area contributed by atoms with Crippen molar-refractivity contribution in [3.63, 3.8) is 0 Å². The third kappa shape index (κ3) is 3.99. The van der Waals surface area contributed by atoms with Crippen molar-refractivity contribution >= 4 is 5.91 Å². The zero-order chi connectivity index (χ0) is 19.5. The average molecular weight is 375 g/mol. The number of hydrogen-bond acceptors (Lipinski definition) is 3. The summed E-state index contributed by atoms with van der Waals surface area (Å²) < 4.78 is 7.86. The molecule has 1 fully saturated rings. The maximum atomic E-state index is 13.0. The van der Waals surface area contributed by atoms with Gasteiger partial charge in [-0.3, -0.25) is 9.48 Å². The Hall–Kier alpha value is -2.92. The zero-order valence-corrected chi connectivity index (χ0v) is 16.3. The molecule has 1 saturated heterocycles. The van der Waals surface area contributed by atoms with Crippen LogP contribution in [-0.2, 0) is 11.3 Å². The Balaban J connectivity index is 1.43. The van der Waals surface area contributed by atoms with E-state index in [1.54, 1.807) is 0 Å². The third-order valence-electron chi connectivity index (χ3n) is 5.16. The summed E-state index contributed by atoms with van der Waals surface area (Å²) in [5.41, 5.74) is 5.11. The molecule has 0 N–H and O–H groups in total. The van der Waals surface area contributed by atoms with Gasteiger partial charge >= 0.3 is 0 Å². The highest BCUT2D eigenvalue weighted by Gasteiger charge is 2.26. The van der Waals surface area contributed by atoms with Crippen molar-refractivity contribution in [2.24, 2.45) is 0 Å². The Morgan fingerprint density at radius 1 is 1.11 bits per heavy atom. The molecule has 144 valence electrons. The monoisotopic (exact) mass is 375 g/mol. The first-order valence-corrected chi connectivity index (χ1v) is 9.66. The molecule has 1 aromatic heterocycles. The molecule has 4 rings (SSSR count). The van der Waals surface area contributed by atoms with Crippen LogP contribution in [0.4, 0.5) is 0 Å². The molecule has 3 aromatic rings. The number of morpholine rings is 1. The number of carbonyl (C=O) groups excluding carboxylic acids is 1. The van der Waals surface area contributed by atoms with E-state index in [2.05, 4.69) is 18.1 Å². The molecule has 5 nitrogen and oxygen atoms in total. The minimum Gasteiger partial charge on any atom is -0.370 e. The smallest absolute Gasteiger partial charge is 0.254 e. The lowest BCUT2D eigenvalue weighted by molar-refractivity contribution is -0.0228. The Morgan fingerprint density at radius 3 is 2.54 bits per heavy atom. The lowest BCUT2D eigenvalue weighted by Crippen LogP contribution is -2.42. The van der Waals surface area contributed by atoms with Gasteiger partial charge in [0, 0.05) is 17.8 Å². The maximum Gasteiger partial charge on any atom is 0.254 e. The molecule has 2 heterocycles. The fourth-order valence-corrected chi connectivity index (χ4v) is 3.65. The van der Waals surface area contributed by atoms with Gasteiger partial charge in [-0.1, -0.05) is 42.5 Å². The number of rotatable bonds is 4. The second-order valence-electron chi connectivity index (χ2n) is 7.30. The van der Waals surface area contributed by atoms with Gasteiger partial charge < -0.3 is 9.64 Å². The lowest BCUT2D eigenvalue weighted by atomic mass is 10.1. The van der Waals surface area contributed by atoms with Crippen molar-refractivity contribution in [2.45, 2.75) is 26.5 Å². The predicted octanol–water partition coefficient (Wildman–Crippen LogP) is 3.76. The minimum atomic E-state index is -0.0656. The summed E-state index contributed by atoms with van der Waals surface area (Å²) in [7, 11) is 0. The molecule has 0 spiro atoms. The van der Waals surface area contributed by atoms with Crippen LogP contribution in [0.2, 0.25) is 0 Å². The molecule has 28 heavy (non-hydrogen) atoms. The topological polar surface area (TPSA) is 47.4 Å². The van der Waals surface area contributed by atoms with E-state index >= 15 is 0 Å². The Labute approximate surface area is 165 Å². The van der Waals surface area contributed by atoms with Gasteiger partial charge in [-0.05, 0) is 43.2 Å². The van der Waals surface area contributed by atoms with Crippen molar-refractivity contribution < 1.29 is 9.53 Å². The van der Waals surface area contributed by atoms with Gasteiger partial charge in [0.05, 0.1) is 25.4 Å². The second-order valence-corrected chi connectivity index (χ2v) is 7.30. The van der Waals surface area contributed by atoms with E-state index in [-0.39, 0.29) is 12.0 Å². The highest BCUT2D eigenvalue weighted by molar-refractivity contribution is 5.94. The Bertz CT molecular complexity index is 948. The van der Waals surface area contributed by atoms with Crippen molar-refractivity contribution in [2.75, 3.05) is 19.7 Å². The van der Waals surface area contributed by atoms with Gasteiger partial charge in [-0.15, -0.1) is 0 Å². The van der Waals surface area contributed by atoms with Crippen molar-refractivity contribution in [3.8, 4) is 0 Å². The molecular formula is C23H25N3O2. The predicted molar refractivity (Wildman–Crippen MR) is 108 cm³/mol. The number of aryl methyl sites for hydroxylation is 2. The number of ether oxygens (including phenoxy) is 1. The summed E-state index contributed by atoms with van der Waals surface area (Å²) in [6, 6.07) is 20.0. The van der Waals surface area contributed by atoms with Gasteiger partial charge in [0.15, 0.2) is 0 Å². The fourth-order valence-electron chi connectivity index (χ4n) is 3.65. The average Bonchev–Trinajstić information content (AvgIpc) is 3.05. The van der Waals surface area contributed by atoms with E-state index in [9.17, 15) is 4.79 Å². The van der Waals surface area contributed by atoms with Crippen molar-refractivity contribution in [1.29, 1.82) is 0 Å². The summed E-state index contributed by atoms with van der Waals surface area (Å²) in [5, 5.41) is 4.50. The summed E-state index contributed by atoms with van der Waals surface area (Å²) >= 11 is 0. The second kappa shape index (κ2) is 7.98. The first-order valence-electron chi connectivity index (χ1n) is 9.66. The molecule has 1 aliphatic heterocycles. The molecule has 1 amide bonds. The SMILES string of the molecule is Cc1cc(C)n(Cc2ccc(C(=O)N3CCOC(c4ccccc4)C3)cc2)n1. The van der Waals surface area contributed by atoms with Crippen LogP contribution < -0.4 is 0 Å². The minimum absolute atomic E-state index is 0.0573. The molecule has 1 unspecified atom stereocenters. The molecule has 1 aliphatic rings. The number of carbonyl (C=O) groups is 1. The molecule has 2 aromatic carbocycles. The van der Waals surface area contributed by atoms with E-state index in [0.717, 1.165) is 22.5 Å². The summed E-state index contributed by atoms with van der Waals surface area (Å²) in [6.07, 6.45) is -0.0656. The van der Waals surface area contributed by atoms with Crippen LogP contribution in [0, 0.1) is 13.8 Å². The molecule has 0 aliphatic carbocycles. The molecule has 0 saturated carbocycles. The van der Waals surface area contributed by atoms with Gasteiger partial charge in [-0.25, -0.2) is 0 Å². The zero-order valence-electron chi connectivity index (χ0n) is 16.3. The summed E-state index contributed by atoms with van der Waals surface area (Å²) in [4.78, 5) is 14.8. The van der Waals surface area contributed by atoms with Crippen LogP contribution in [-0.4, -0.2) is 40.3 Å². The number of aromatic nitrogens is 2. The Morgan fingerprint density at radius 2 is 1.86 bits per heavy atom. The molecule has 0 radical (unpaired) electrons. The van der Waals surface area contributed by atoms with Crippen molar-refractivity contribution in [3.05, 3.63) is 88.7 Å². The summed E-state index contributed by atoms with van der Waals surface area (Å²) in [5.74, 6) is 0.0573. The van der Waals surface area contributed by atoms with Crippen LogP contribution in [0.5, 0.6) is 0 Å². The third-order valence-corrected chi connectivity index (χ3v) is 5.16. The van der Waals surface area contributed by atoms with Crippen LogP contribution in [0.25, 0.3) is 0 Å². The lowest BCUT2D eigenvalue weighted by Gasteiger charge is -2.33. The van der Waals surface area contributed by atoms with Crippen molar-refractivity contribution in [1.82, 2.24) is 14.7 Å². The van der Waals surface area contributed by atoms with Gasteiger partial charge in [0.2, 0.25) is 0 Å². The number of amides is 1. The van der Waals surface area contributed by atoms with Gasteiger partial charge in [-0.2, -0.15) is 5.10 Å². The van der Waals surface area contributed by atoms with Crippen LogP contribution in [0.15, 0.2) is 60.7 Å². The largest absolute Gasteiger partial charge is 0.370 e. The first kappa shape index (κ1) is 18.4. The Kier molecular flexibility index (Phi) is 5.26. The van der Waals surface area contributed by atoms with E-state index in [0.29, 0.717) is 31.8 Å². The molecule has 1 atom stereocenters. The van der Waals surface area contributed by atoms with Crippen LogP contribution in [0.1, 0.15) is 39.0 Å². The normalized spacial score (nSPS) is 16.9. The molecular weight excluding hydrogens is 350 g/mol. The summed E-state index contributed by atoms with van der Waals surface area (Å²) in [6.45, 7) is 6.52. The van der Waals surface area contributed by atoms with Crippen LogP contribution in [0.3, 0.4) is 0 Å². The number of hydrogen-bond donors (Lipinski definition) is 0. The van der Waals surface area contributed by atoms with Crippen LogP contribution >= 0.6 is 0 Å². The number of nitrogens with zero attached hydrogens (tertiary/aromatic N) is 3. The van der Waals surface area contributed by atoms with E-state index in [1.165, 1.54) is 0 Å². The van der Waals surface area contributed by atoms with Gasteiger partial charge in [0.25, 0.3) is 5.91 Å². The van der Waals surface area contributed by atoms with E-state index < -0.39 is 0 Å². The molecule has 0 bridgehead atoms. The molecule has 5 heteroatoms. The highest BCUT2D eigenvalue weighted by Crippen LogP contribution is 2.23. The van der Waals surface area contributed by atoms with E-state index in [4.69, 9.17) is 4.74 Å².